The zero-order valence-electron chi connectivity index (χ0n) is 11.4. The molecule has 0 aliphatic carbocycles. The first-order chi connectivity index (χ1) is 9.72. The molecule has 3 aromatic rings. The van der Waals surface area contributed by atoms with Gasteiger partial charge in [-0.05, 0) is 54.3 Å². The molecule has 2 aromatic carbocycles. The summed E-state index contributed by atoms with van der Waals surface area (Å²) in [4.78, 5) is 0. The normalized spacial score (nSPS) is 10.9. The van der Waals surface area contributed by atoms with Crippen LogP contribution in [-0.2, 0) is 6.54 Å². The summed E-state index contributed by atoms with van der Waals surface area (Å²) in [7, 11) is 0. The van der Waals surface area contributed by atoms with Crippen molar-refractivity contribution >= 4 is 28.2 Å². The average molecular weight is 285 g/mol. The number of rotatable bonds is 4. The number of halogens is 1. The lowest BCUT2D eigenvalue weighted by molar-refractivity contribution is 0.757. The lowest BCUT2D eigenvalue weighted by Crippen LogP contribution is -2.09. The van der Waals surface area contributed by atoms with E-state index in [0.717, 1.165) is 23.8 Å². The number of aromatic nitrogens is 1. The van der Waals surface area contributed by atoms with Gasteiger partial charge in [0.05, 0.1) is 0 Å². The van der Waals surface area contributed by atoms with Crippen LogP contribution in [0, 0.1) is 6.92 Å². The number of anilines is 1. The molecule has 0 spiro atoms. The minimum atomic E-state index is 0.766. The van der Waals surface area contributed by atoms with Crippen LogP contribution in [0.5, 0.6) is 0 Å². The molecule has 1 aromatic heterocycles. The second kappa shape index (κ2) is 5.59. The number of nitrogens with one attached hydrogen (secondary N) is 1. The molecule has 0 saturated heterocycles. The van der Waals surface area contributed by atoms with E-state index in [0.29, 0.717) is 0 Å². The molecule has 3 rings (SSSR count). The van der Waals surface area contributed by atoms with Crippen molar-refractivity contribution in [2.24, 2.45) is 0 Å². The molecule has 0 bridgehead atoms. The Labute approximate surface area is 124 Å². The maximum Gasteiger partial charge on any atom is 0.0483 e. The third kappa shape index (κ3) is 2.81. The van der Waals surface area contributed by atoms with Crippen LogP contribution in [0.1, 0.15) is 5.56 Å². The molecule has 1 heterocycles. The lowest BCUT2D eigenvalue weighted by Gasteiger charge is -2.09. The summed E-state index contributed by atoms with van der Waals surface area (Å²) in [6.45, 7) is 3.96. The third-order valence-electron chi connectivity index (χ3n) is 3.46. The van der Waals surface area contributed by atoms with Crippen LogP contribution >= 0.6 is 11.6 Å². The highest BCUT2D eigenvalue weighted by Gasteiger charge is 2.01. The van der Waals surface area contributed by atoms with Crippen LogP contribution in [0.25, 0.3) is 10.9 Å². The van der Waals surface area contributed by atoms with Crippen molar-refractivity contribution in [1.29, 1.82) is 0 Å². The Hall–Kier alpha value is -1.93. The summed E-state index contributed by atoms with van der Waals surface area (Å²) < 4.78 is 2.28. The average Bonchev–Trinajstić information content (AvgIpc) is 2.84. The predicted octanol–water partition coefficient (Wildman–Crippen LogP) is 4.72. The van der Waals surface area contributed by atoms with Gasteiger partial charge < -0.3 is 9.88 Å². The molecule has 0 fully saturated rings. The maximum atomic E-state index is 5.88. The third-order valence-corrected chi connectivity index (χ3v) is 3.71. The van der Waals surface area contributed by atoms with Gasteiger partial charge in [0.1, 0.15) is 0 Å². The van der Waals surface area contributed by atoms with Gasteiger partial charge in [-0.15, -0.1) is 0 Å². The first kappa shape index (κ1) is 13.1. The highest BCUT2D eigenvalue weighted by Crippen LogP contribution is 2.17. The SMILES string of the molecule is Cc1ccc2ccn(CCNc3ccc(Cl)cc3)c2c1. The molecule has 1 N–H and O–H groups in total. The Morgan fingerprint density at radius 3 is 2.65 bits per heavy atom. The molecule has 0 saturated carbocycles. The second-order valence-corrected chi connectivity index (χ2v) is 5.44. The highest BCUT2D eigenvalue weighted by molar-refractivity contribution is 6.30. The first-order valence-corrected chi connectivity index (χ1v) is 7.15. The molecule has 0 unspecified atom stereocenters. The van der Waals surface area contributed by atoms with Crippen LogP contribution in [-0.4, -0.2) is 11.1 Å². The quantitative estimate of drug-likeness (QED) is 0.734. The molecule has 0 atom stereocenters. The van der Waals surface area contributed by atoms with Crippen LogP contribution in [0.4, 0.5) is 5.69 Å². The van der Waals surface area contributed by atoms with Gasteiger partial charge in [0.25, 0.3) is 0 Å². The van der Waals surface area contributed by atoms with Crippen molar-refractivity contribution in [3.05, 3.63) is 65.3 Å². The molecule has 0 aliphatic rings. The summed E-state index contributed by atoms with van der Waals surface area (Å²) >= 11 is 5.88. The highest BCUT2D eigenvalue weighted by atomic mass is 35.5. The predicted molar refractivity (Wildman–Crippen MR) is 86.6 cm³/mol. The molecular weight excluding hydrogens is 268 g/mol. The monoisotopic (exact) mass is 284 g/mol. The van der Waals surface area contributed by atoms with Crippen molar-refractivity contribution in [2.45, 2.75) is 13.5 Å². The molecule has 0 radical (unpaired) electrons. The van der Waals surface area contributed by atoms with E-state index < -0.39 is 0 Å². The Bertz CT molecular complexity index is 713. The number of hydrogen-bond acceptors (Lipinski definition) is 1. The Kier molecular flexibility index (Phi) is 3.66. The van der Waals surface area contributed by atoms with Crippen molar-refractivity contribution in [2.75, 3.05) is 11.9 Å². The molecule has 0 amide bonds. The maximum absolute atomic E-state index is 5.88. The Morgan fingerprint density at radius 1 is 1.05 bits per heavy atom. The number of fused-ring (bicyclic) bond motifs is 1. The van der Waals surface area contributed by atoms with E-state index in [1.165, 1.54) is 16.5 Å². The van der Waals surface area contributed by atoms with E-state index in [2.05, 4.69) is 47.3 Å². The second-order valence-electron chi connectivity index (χ2n) is 5.01. The summed E-state index contributed by atoms with van der Waals surface area (Å²) in [5.41, 5.74) is 3.69. The van der Waals surface area contributed by atoms with Crippen LogP contribution in [0.2, 0.25) is 5.02 Å². The zero-order chi connectivity index (χ0) is 13.9. The largest absolute Gasteiger partial charge is 0.383 e. The zero-order valence-corrected chi connectivity index (χ0v) is 12.2. The lowest BCUT2D eigenvalue weighted by atomic mass is 10.2. The van der Waals surface area contributed by atoms with Gasteiger partial charge in [0, 0.05) is 35.5 Å². The molecule has 3 heteroatoms. The molecule has 102 valence electrons. The van der Waals surface area contributed by atoms with E-state index in [1.807, 2.05) is 24.3 Å². The Balaban J connectivity index is 1.68. The number of hydrogen-bond donors (Lipinski definition) is 1. The van der Waals surface area contributed by atoms with Crippen molar-refractivity contribution < 1.29 is 0 Å². The molecular formula is C17H17ClN2. The topological polar surface area (TPSA) is 17.0 Å². The minimum Gasteiger partial charge on any atom is -0.383 e. The van der Waals surface area contributed by atoms with Crippen LogP contribution < -0.4 is 5.32 Å². The minimum absolute atomic E-state index is 0.766. The number of aryl methyl sites for hydroxylation is 1. The van der Waals surface area contributed by atoms with Crippen molar-refractivity contribution in [1.82, 2.24) is 4.57 Å². The van der Waals surface area contributed by atoms with E-state index in [1.54, 1.807) is 0 Å². The molecule has 0 aliphatic heterocycles. The van der Waals surface area contributed by atoms with Gasteiger partial charge in [-0.25, -0.2) is 0 Å². The van der Waals surface area contributed by atoms with Gasteiger partial charge in [0.15, 0.2) is 0 Å². The van der Waals surface area contributed by atoms with Gasteiger partial charge in [-0.3, -0.25) is 0 Å². The van der Waals surface area contributed by atoms with Crippen LogP contribution in [0.3, 0.4) is 0 Å². The standard InChI is InChI=1S/C17H17ClN2/c1-13-2-3-14-8-10-20(17(14)12-13)11-9-19-16-6-4-15(18)5-7-16/h2-8,10,12,19H,9,11H2,1H3. The van der Waals surface area contributed by atoms with Crippen LogP contribution in [0.15, 0.2) is 54.7 Å². The van der Waals surface area contributed by atoms with Gasteiger partial charge >= 0.3 is 0 Å². The molecule has 2 nitrogen and oxygen atoms in total. The fourth-order valence-electron chi connectivity index (χ4n) is 2.38. The smallest absolute Gasteiger partial charge is 0.0483 e. The number of nitrogens with zero attached hydrogens (tertiary/aromatic N) is 1. The number of benzene rings is 2. The fraction of sp³-hybridized carbons (Fsp3) is 0.176. The van der Waals surface area contributed by atoms with E-state index in [-0.39, 0.29) is 0 Å². The van der Waals surface area contributed by atoms with E-state index in [4.69, 9.17) is 11.6 Å². The van der Waals surface area contributed by atoms with Crippen molar-refractivity contribution in [3.63, 3.8) is 0 Å². The van der Waals surface area contributed by atoms with Crippen molar-refractivity contribution in [3.8, 4) is 0 Å². The van der Waals surface area contributed by atoms with E-state index in [9.17, 15) is 0 Å². The Morgan fingerprint density at radius 2 is 1.85 bits per heavy atom. The van der Waals surface area contributed by atoms with Gasteiger partial charge in [-0.1, -0.05) is 23.7 Å². The van der Waals surface area contributed by atoms with E-state index >= 15 is 0 Å². The summed E-state index contributed by atoms with van der Waals surface area (Å²) in [6.07, 6.45) is 2.15. The van der Waals surface area contributed by atoms with Gasteiger partial charge in [-0.2, -0.15) is 0 Å². The summed E-state index contributed by atoms with van der Waals surface area (Å²) in [5.74, 6) is 0. The molecule has 20 heavy (non-hydrogen) atoms. The fourth-order valence-corrected chi connectivity index (χ4v) is 2.50. The summed E-state index contributed by atoms with van der Waals surface area (Å²) in [6, 6.07) is 16.5. The van der Waals surface area contributed by atoms with Gasteiger partial charge in [0.2, 0.25) is 0 Å². The summed E-state index contributed by atoms with van der Waals surface area (Å²) in [5, 5.41) is 5.47. The first-order valence-electron chi connectivity index (χ1n) is 6.77.